The van der Waals surface area contributed by atoms with E-state index in [-0.39, 0.29) is 23.7 Å². The van der Waals surface area contributed by atoms with Crippen LogP contribution in [0.4, 0.5) is 16.3 Å². The van der Waals surface area contributed by atoms with Crippen LogP contribution < -0.4 is 11.5 Å². The molecular weight excluding hydrogens is 321 g/mol. The number of nitrogens with zero attached hydrogens (tertiary/aromatic N) is 5. The third kappa shape index (κ3) is 2.74. The van der Waals surface area contributed by atoms with Gasteiger partial charge in [0, 0.05) is 11.8 Å². The third-order valence-corrected chi connectivity index (χ3v) is 3.83. The molecule has 0 bridgehead atoms. The number of rotatable bonds is 3. The molecule has 0 amide bonds. The maximum absolute atomic E-state index is 14.0. The molecular formula is C17H14FN7. The van der Waals surface area contributed by atoms with Gasteiger partial charge in [-0.3, -0.25) is 0 Å². The molecule has 0 aliphatic heterocycles. The second kappa shape index (κ2) is 5.82. The Bertz CT molecular complexity index is 1050. The molecule has 124 valence electrons. The molecule has 2 heterocycles. The fourth-order valence-corrected chi connectivity index (χ4v) is 2.73. The van der Waals surface area contributed by atoms with Crippen LogP contribution in [0.15, 0.2) is 48.5 Å². The topological polar surface area (TPSA) is 109 Å². The van der Waals surface area contributed by atoms with Gasteiger partial charge in [0.1, 0.15) is 5.82 Å². The van der Waals surface area contributed by atoms with E-state index >= 15 is 0 Å². The van der Waals surface area contributed by atoms with Crippen molar-refractivity contribution in [1.29, 1.82) is 0 Å². The minimum Gasteiger partial charge on any atom is -0.368 e. The molecule has 0 spiro atoms. The van der Waals surface area contributed by atoms with Gasteiger partial charge in [-0.1, -0.05) is 36.4 Å². The average molecular weight is 335 g/mol. The van der Waals surface area contributed by atoms with E-state index in [9.17, 15) is 4.39 Å². The lowest BCUT2D eigenvalue weighted by Gasteiger charge is -2.03. The first-order valence-electron chi connectivity index (χ1n) is 7.59. The van der Waals surface area contributed by atoms with E-state index in [1.807, 2.05) is 24.3 Å². The number of hydrogen-bond acceptors (Lipinski definition) is 6. The summed E-state index contributed by atoms with van der Waals surface area (Å²) in [6.07, 6.45) is 0.343. The lowest BCUT2D eigenvalue weighted by molar-refractivity contribution is 0.613. The Hall–Kier alpha value is -3.55. The number of para-hydroxylation sites is 1. The number of benzene rings is 2. The lowest BCUT2D eigenvalue weighted by atomic mass is 10.1. The van der Waals surface area contributed by atoms with E-state index in [0.717, 1.165) is 10.9 Å². The molecule has 8 heteroatoms. The first-order chi connectivity index (χ1) is 12.1. The van der Waals surface area contributed by atoms with Gasteiger partial charge < -0.3 is 11.5 Å². The van der Waals surface area contributed by atoms with E-state index in [0.29, 0.717) is 17.7 Å². The lowest BCUT2D eigenvalue weighted by Crippen LogP contribution is -2.10. The highest BCUT2D eigenvalue weighted by atomic mass is 19.1. The van der Waals surface area contributed by atoms with Crippen molar-refractivity contribution in [1.82, 2.24) is 24.7 Å². The Morgan fingerprint density at radius 1 is 0.880 bits per heavy atom. The zero-order valence-corrected chi connectivity index (χ0v) is 13.1. The van der Waals surface area contributed by atoms with Crippen LogP contribution in [0.1, 0.15) is 11.3 Å². The SMILES string of the molecule is Nc1nc(N)nc(-n2nc(Cc3ccccc3F)c3ccccc32)n1. The molecule has 0 aliphatic carbocycles. The van der Waals surface area contributed by atoms with Crippen LogP contribution in [-0.4, -0.2) is 24.7 Å². The molecule has 0 saturated heterocycles. The molecule has 0 radical (unpaired) electrons. The van der Waals surface area contributed by atoms with Gasteiger partial charge >= 0.3 is 0 Å². The Morgan fingerprint density at radius 2 is 1.56 bits per heavy atom. The molecule has 4 aromatic rings. The number of nitrogens with two attached hydrogens (primary N) is 2. The molecule has 4 rings (SSSR count). The predicted octanol–water partition coefficient (Wildman–Crippen LogP) is 2.10. The van der Waals surface area contributed by atoms with E-state index in [1.54, 1.807) is 22.9 Å². The second-order valence-corrected chi connectivity index (χ2v) is 5.50. The maximum atomic E-state index is 14.0. The van der Waals surface area contributed by atoms with Crippen LogP contribution in [0.5, 0.6) is 0 Å². The predicted molar refractivity (Wildman–Crippen MR) is 92.5 cm³/mol. The van der Waals surface area contributed by atoms with E-state index in [1.165, 1.54) is 6.07 Å². The van der Waals surface area contributed by atoms with Gasteiger partial charge in [-0.05, 0) is 17.7 Å². The minimum atomic E-state index is -0.269. The summed E-state index contributed by atoms with van der Waals surface area (Å²) in [5, 5.41) is 5.44. The summed E-state index contributed by atoms with van der Waals surface area (Å²) in [6, 6.07) is 14.2. The van der Waals surface area contributed by atoms with Crippen LogP contribution in [-0.2, 0) is 6.42 Å². The molecule has 2 aromatic heterocycles. The molecule has 2 aromatic carbocycles. The number of aromatic nitrogens is 5. The van der Waals surface area contributed by atoms with Gasteiger partial charge in [0.2, 0.25) is 11.9 Å². The molecule has 0 saturated carbocycles. The maximum Gasteiger partial charge on any atom is 0.257 e. The van der Waals surface area contributed by atoms with Gasteiger partial charge in [0.05, 0.1) is 11.2 Å². The number of fused-ring (bicyclic) bond motifs is 1. The number of hydrogen-bond donors (Lipinski definition) is 2. The van der Waals surface area contributed by atoms with Gasteiger partial charge in [-0.25, -0.2) is 4.39 Å². The first kappa shape index (κ1) is 15.0. The standard InChI is InChI=1S/C17H14FN7/c18-12-7-3-1-5-10(12)9-13-11-6-2-4-8-14(11)25(24-13)17-22-15(19)21-16(20)23-17/h1-8H,9H2,(H4,19,20,21,22,23). The quantitative estimate of drug-likeness (QED) is 0.593. The fourth-order valence-electron chi connectivity index (χ4n) is 2.73. The van der Waals surface area contributed by atoms with Crippen molar-refractivity contribution < 1.29 is 4.39 Å². The molecule has 0 fully saturated rings. The summed E-state index contributed by atoms with van der Waals surface area (Å²) in [7, 11) is 0. The van der Waals surface area contributed by atoms with Crippen LogP contribution in [0.25, 0.3) is 16.9 Å². The number of halogens is 1. The Morgan fingerprint density at radius 3 is 2.32 bits per heavy atom. The van der Waals surface area contributed by atoms with Crippen LogP contribution in [0.3, 0.4) is 0 Å². The summed E-state index contributed by atoms with van der Waals surface area (Å²) in [6.45, 7) is 0. The van der Waals surface area contributed by atoms with E-state index in [2.05, 4.69) is 20.1 Å². The summed E-state index contributed by atoms with van der Waals surface area (Å²) >= 11 is 0. The van der Waals surface area contributed by atoms with Gasteiger partial charge in [0.15, 0.2) is 0 Å². The van der Waals surface area contributed by atoms with Gasteiger partial charge in [-0.2, -0.15) is 24.7 Å². The smallest absolute Gasteiger partial charge is 0.257 e. The van der Waals surface area contributed by atoms with Gasteiger partial charge in [0.25, 0.3) is 5.95 Å². The number of anilines is 2. The summed E-state index contributed by atoms with van der Waals surface area (Å²) in [5.41, 5.74) is 13.4. The average Bonchev–Trinajstić information content (AvgIpc) is 2.95. The summed E-state index contributed by atoms with van der Waals surface area (Å²) in [5.74, 6) is -0.0220. The Kier molecular flexibility index (Phi) is 3.50. The van der Waals surface area contributed by atoms with E-state index < -0.39 is 0 Å². The van der Waals surface area contributed by atoms with Crippen molar-refractivity contribution in [2.24, 2.45) is 0 Å². The van der Waals surface area contributed by atoms with Gasteiger partial charge in [-0.15, -0.1) is 0 Å². The van der Waals surface area contributed by atoms with Crippen molar-refractivity contribution in [3.05, 3.63) is 65.6 Å². The van der Waals surface area contributed by atoms with E-state index in [4.69, 9.17) is 11.5 Å². The number of nitrogen functional groups attached to an aromatic ring is 2. The highest BCUT2D eigenvalue weighted by molar-refractivity contribution is 5.83. The van der Waals surface area contributed by atoms with Crippen LogP contribution in [0.2, 0.25) is 0 Å². The van der Waals surface area contributed by atoms with Crippen molar-refractivity contribution in [3.63, 3.8) is 0 Å². The zero-order chi connectivity index (χ0) is 17.4. The largest absolute Gasteiger partial charge is 0.368 e. The van der Waals surface area contributed by atoms with Crippen LogP contribution >= 0.6 is 0 Å². The van der Waals surface area contributed by atoms with Crippen LogP contribution in [0, 0.1) is 5.82 Å². The summed E-state index contributed by atoms with van der Waals surface area (Å²) in [4.78, 5) is 12.0. The zero-order valence-electron chi connectivity index (χ0n) is 13.1. The minimum absolute atomic E-state index is 0.0118. The monoisotopic (exact) mass is 335 g/mol. The molecule has 0 aliphatic rings. The Balaban J connectivity index is 1.88. The summed E-state index contributed by atoms with van der Waals surface area (Å²) < 4.78 is 15.6. The molecule has 25 heavy (non-hydrogen) atoms. The Labute approximate surface area is 142 Å². The molecule has 0 unspecified atom stereocenters. The molecule has 0 atom stereocenters. The van der Waals surface area contributed by atoms with Crippen molar-refractivity contribution in [2.45, 2.75) is 6.42 Å². The van der Waals surface area contributed by atoms with Crippen molar-refractivity contribution in [2.75, 3.05) is 11.5 Å². The van der Waals surface area contributed by atoms with Crippen molar-refractivity contribution >= 4 is 22.8 Å². The molecule has 4 N–H and O–H groups in total. The first-order valence-corrected chi connectivity index (χ1v) is 7.59. The molecule has 7 nitrogen and oxygen atoms in total. The highest BCUT2D eigenvalue weighted by Gasteiger charge is 2.16. The fraction of sp³-hybridized carbons (Fsp3) is 0.0588. The highest BCUT2D eigenvalue weighted by Crippen LogP contribution is 2.24. The van der Waals surface area contributed by atoms with Crippen molar-refractivity contribution in [3.8, 4) is 5.95 Å². The normalized spacial score (nSPS) is 11.1. The second-order valence-electron chi connectivity index (χ2n) is 5.50. The third-order valence-electron chi connectivity index (χ3n) is 3.83.